The summed E-state index contributed by atoms with van der Waals surface area (Å²) < 4.78 is 16.5. The van der Waals surface area contributed by atoms with Crippen LogP contribution in [-0.2, 0) is 0 Å². The van der Waals surface area contributed by atoms with Gasteiger partial charge in [0.2, 0.25) is 0 Å². The van der Waals surface area contributed by atoms with Crippen molar-refractivity contribution >= 4 is 5.91 Å². The zero-order valence-corrected chi connectivity index (χ0v) is 10.4. The molecule has 3 rings (SSSR count). The molecular weight excluding hydrogens is 259 g/mol. The van der Waals surface area contributed by atoms with E-state index in [0.29, 0.717) is 11.5 Å². The minimum atomic E-state index is -0.587. The number of nitrogens with zero attached hydrogens (tertiary/aromatic N) is 3. The fourth-order valence-corrected chi connectivity index (χ4v) is 2.04. The van der Waals surface area contributed by atoms with Crippen LogP contribution >= 0.6 is 0 Å². The van der Waals surface area contributed by atoms with E-state index < -0.39 is 5.91 Å². The Hall–Kier alpha value is -2.89. The number of nitrogens with two attached hydrogens (primary N) is 1. The second-order valence-corrected chi connectivity index (χ2v) is 4.23. The lowest BCUT2D eigenvalue weighted by Crippen LogP contribution is -2.14. The normalized spacial score (nSPS) is 10.7. The predicted molar refractivity (Wildman–Crippen MR) is 71.4 cm³/mol. The number of halogens is 1. The van der Waals surface area contributed by atoms with E-state index in [0.717, 1.165) is 0 Å². The number of amides is 1. The standard InChI is InChI=1S/C14H11FN4O/c15-10-4-3-5-11(8-10)19-14(18-6-1-2-7-18)12(9-17-19)13(16)20/h1-9H,(H2,16,20). The van der Waals surface area contributed by atoms with Crippen molar-refractivity contribution in [3.05, 3.63) is 66.4 Å². The Balaban J connectivity index is 2.24. The van der Waals surface area contributed by atoms with Crippen LogP contribution in [0.1, 0.15) is 10.4 Å². The molecule has 0 spiro atoms. The van der Waals surface area contributed by atoms with E-state index in [9.17, 15) is 9.18 Å². The van der Waals surface area contributed by atoms with Crippen molar-refractivity contribution in [3.8, 4) is 11.5 Å². The molecule has 1 aromatic carbocycles. The SMILES string of the molecule is NC(=O)c1cnn(-c2cccc(F)c2)c1-n1cccc1. The Morgan fingerprint density at radius 3 is 2.60 bits per heavy atom. The number of hydrogen-bond acceptors (Lipinski definition) is 2. The van der Waals surface area contributed by atoms with Crippen LogP contribution in [0.25, 0.3) is 11.5 Å². The largest absolute Gasteiger partial charge is 0.365 e. The van der Waals surface area contributed by atoms with Crippen LogP contribution in [0.2, 0.25) is 0 Å². The molecule has 0 saturated carbocycles. The van der Waals surface area contributed by atoms with Gasteiger partial charge in [-0.15, -0.1) is 0 Å². The molecule has 100 valence electrons. The average Bonchev–Trinajstić information content (AvgIpc) is 3.07. The van der Waals surface area contributed by atoms with Gasteiger partial charge in [-0.05, 0) is 30.3 Å². The second kappa shape index (κ2) is 4.65. The molecule has 0 fully saturated rings. The number of hydrogen-bond donors (Lipinski definition) is 1. The lowest BCUT2D eigenvalue weighted by Gasteiger charge is -2.09. The van der Waals surface area contributed by atoms with Crippen LogP contribution in [0, 0.1) is 5.82 Å². The fourth-order valence-electron chi connectivity index (χ4n) is 2.04. The minimum absolute atomic E-state index is 0.269. The molecule has 0 unspecified atom stereocenters. The van der Waals surface area contributed by atoms with Gasteiger partial charge in [-0.25, -0.2) is 9.07 Å². The summed E-state index contributed by atoms with van der Waals surface area (Å²) in [5.74, 6) is -0.485. The highest BCUT2D eigenvalue weighted by molar-refractivity contribution is 5.96. The first-order chi connectivity index (χ1) is 9.66. The topological polar surface area (TPSA) is 65.8 Å². The van der Waals surface area contributed by atoms with Gasteiger partial charge in [0.1, 0.15) is 11.4 Å². The molecule has 1 amide bonds. The number of carbonyl (C=O) groups is 1. The Bertz CT molecular complexity index is 761. The van der Waals surface area contributed by atoms with Crippen molar-refractivity contribution in [1.82, 2.24) is 14.3 Å². The highest BCUT2D eigenvalue weighted by Gasteiger charge is 2.17. The molecule has 0 radical (unpaired) electrons. The van der Waals surface area contributed by atoms with E-state index in [1.54, 1.807) is 29.1 Å². The van der Waals surface area contributed by atoms with Gasteiger partial charge in [0.05, 0.1) is 11.9 Å². The van der Waals surface area contributed by atoms with Gasteiger partial charge in [-0.2, -0.15) is 5.10 Å². The monoisotopic (exact) mass is 270 g/mol. The second-order valence-electron chi connectivity index (χ2n) is 4.23. The van der Waals surface area contributed by atoms with Crippen molar-refractivity contribution in [3.63, 3.8) is 0 Å². The first-order valence-electron chi connectivity index (χ1n) is 5.94. The van der Waals surface area contributed by atoms with Gasteiger partial charge in [-0.3, -0.25) is 4.79 Å². The smallest absolute Gasteiger partial charge is 0.254 e. The summed E-state index contributed by atoms with van der Waals surface area (Å²) in [6.45, 7) is 0. The van der Waals surface area contributed by atoms with Crippen LogP contribution in [-0.4, -0.2) is 20.3 Å². The lowest BCUT2D eigenvalue weighted by molar-refractivity contribution is 0.100. The van der Waals surface area contributed by atoms with Gasteiger partial charge in [-0.1, -0.05) is 6.07 Å². The molecule has 20 heavy (non-hydrogen) atoms. The fraction of sp³-hybridized carbons (Fsp3) is 0. The molecule has 0 bridgehead atoms. The first-order valence-corrected chi connectivity index (χ1v) is 5.94. The quantitative estimate of drug-likeness (QED) is 0.790. The summed E-state index contributed by atoms with van der Waals surface area (Å²) >= 11 is 0. The summed E-state index contributed by atoms with van der Waals surface area (Å²) in [4.78, 5) is 11.5. The van der Waals surface area contributed by atoms with Crippen molar-refractivity contribution in [1.29, 1.82) is 0 Å². The Morgan fingerprint density at radius 2 is 1.95 bits per heavy atom. The Morgan fingerprint density at radius 1 is 1.20 bits per heavy atom. The minimum Gasteiger partial charge on any atom is -0.365 e. The van der Waals surface area contributed by atoms with E-state index in [4.69, 9.17) is 5.73 Å². The molecule has 0 saturated heterocycles. The van der Waals surface area contributed by atoms with Crippen LogP contribution in [0.5, 0.6) is 0 Å². The highest BCUT2D eigenvalue weighted by atomic mass is 19.1. The molecule has 0 atom stereocenters. The molecule has 0 aliphatic carbocycles. The number of aromatic nitrogens is 3. The van der Waals surface area contributed by atoms with E-state index in [1.807, 2.05) is 12.1 Å². The maximum absolute atomic E-state index is 13.4. The van der Waals surface area contributed by atoms with Crippen LogP contribution < -0.4 is 5.73 Å². The number of carbonyl (C=O) groups excluding carboxylic acids is 1. The van der Waals surface area contributed by atoms with Crippen molar-refractivity contribution in [2.24, 2.45) is 5.73 Å². The van der Waals surface area contributed by atoms with Gasteiger partial charge < -0.3 is 10.3 Å². The average molecular weight is 270 g/mol. The first kappa shape index (κ1) is 12.2. The van der Waals surface area contributed by atoms with Crippen molar-refractivity contribution < 1.29 is 9.18 Å². The van der Waals surface area contributed by atoms with Gasteiger partial charge >= 0.3 is 0 Å². The molecule has 0 aliphatic heterocycles. The van der Waals surface area contributed by atoms with E-state index in [-0.39, 0.29) is 11.4 Å². The van der Waals surface area contributed by atoms with E-state index >= 15 is 0 Å². The number of benzene rings is 1. The highest BCUT2D eigenvalue weighted by Crippen LogP contribution is 2.19. The van der Waals surface area contributed by atoms with Gasteiger partial charge in [0, 0.05) is 12.4 Å². The summed E-state index contributed by atoms with van der Waals surface area (Å²) in [6, 6.07) is 9.59. The van der Waals surface area contributed by atoms with Crippen LogP contribution in [0.4, 0.5) is 4.39 Å². The number of primary amides is 1. The number of rotatable bonds is 3. The van der Waals surface area contributed by atoms with Gasteiger partial charge in [0.15, 0.2) is 5.82 Å². The molecule has 0 aliphatic rings. The Kier molecular flexibility index (Phi) is 2.83. The molecule has 2 aromatic heterocycles. The third kappa shape index (κ3) is 1.97. The zero-order chi connectivity index (χ0) is 14.1. The molecule has 2 N–H and O–H groups in total. The van der Waals surface area contributed by atoms with Crippen LogP contribution in [0.15, 0.2) is 55.0 Å². The summed E-state index contributed by atoms with van der Waals surface area (Å²) in [5.41, 5.74) is 6.15. The molecule has 5 nitrogen and oxygen atoms in total. The predicted octanol–water partition coefficient (Wildman–Crippen LogP) is 1.90. The zero-order valence-electron chi connectivity index (χ0n) is 10.4. The lowest BCUT2D eigenvalue weighted by atomic mass is 10.3. The molecular formula is C14H11FN4O. The van der Waals surface area contributed by atoms with Gasteiger partial charge in [0.25, 0.3) is 5.91 Å². The third-order valence-electron chi connectivity index (χ3n) is 2.91. The summed E-state index contributed by atoms with van der Waals surface area (Å²) in [7, 11) is 0. The third-order valence-corrected chi connectivity index (χ3v) is 2.91. The van der Waals surface area contributed by atoms with E-state index in [2.05, 4.69) is 5.10 Å². The van der Waals surface area contributed by atoms with E-state index in [1.165, 1.54) is 23.0 Å². The summed E-state index contributed by atoms with van der Waals surface area (Å²) in [6.07, 6.45) is 4.90. The maximum Gasteiger partial charge on any atom is 0.254 e. The molecule has 2 heterocycles. The maximum atomic E-state index is 13.4. The summed E-state index contributed by atoms with van der Waals surface area (Å²) in [5, 5.41) is 4.13. The Labute approximate surface area is 114 Å². The van der Waals surface area contributed by atoms with Crippen molar-refractivity contribution in [2.75, 3.05) is 0 Å². The molecule has 3 aromatic rings. The van der Waals surface area contributed by atoms with Crippen molar-refractivity contribution in [2.45, 2.75) is 0 Å². The van der Waals surface area contributed by atoms with Crippen LogP contribution in [0.3, 0.4) is 0 Å². The molecule has 6 heteroatoms.